The van der Waals surface area contributed by atoms with Crippen LogP contribution < -0.4 is 10.3 Å². The molecular weight excluding hydrogens is 766 g/mol. The lowest BCUT2D eigenvalue weighted by Gasteiger charge is -2.50. The van der Waals surface area contributed by atoms with Crippen LogP contribution in [0.5, 0.6) is 5.75 Å². The van der Waals surface area contributed by atoms with Gasteiger partial charge in [0.1, 0.15) is 5.75 Å². The van der Waals surface area contributed by atoms with E-state index in [0.717, 1.165) is 11.0 Å². The molecule has 4 aromatic rings. The number of carbonyl (C=O) groups is 4. The van der Waals surface area contributed by atoms with E-state index in [4.69, 9.17) is 23.2 Å². The fourth-order valence-corrected chi connectivity index (χ4v) is 9.20. The standard InChI is InChI=1S/C38H26Cl2F3N5O7/c39-21-9-7-19(8-10-21)37-28(34(51)47(36(37)53)45-32-29(40)14-20(17-44-32)38(41,42)43)16-27-25(31(37)18-3-1-6-24(49)13-18)11-12-26-30(27)35(52)46(33(26)50)22-4-2-5-23(15-22)48(54)55/h1-11,13-15,17,26-28,30-31,49H,12,16H2,(H,44,45). The number of nitro benzene ring substituents is 1. The molecule has 2 aliphatic heterocycles. The van der Waals surface area contributed by atoms with Gasteiger partial charge in [0.05, 0.1) is 44.4 Å². The maximum atomic E-state index is 15.2. The molecule has 3 fully saturated rings. The Hall–Kier alpha value is -5.80. The topological polar surface area (TPSA) is 163 Å². The lowest BCUT2D eigenvalue weighted by atomic mass is 9.49. The Morgan fingerprint density at radius 1 is 0.927 bits per heavy atom. The minimum Gasteiger partial charge on any atom is -0.508 e. The number of nitro groups is 1. The van der Waals surface area contributed by atoms with Crippen LogP contribution in [0.1, 0.15) is 35.4 Å². The van der Waals surface area contributed by atoms with Crippen molar-refractivity contribution in [3.8, 4) is 5.75 Å². The smallest absolute Gasteiger partial charge is 0.417 e. The van der Waals surface area contributed by atoms with Crippen LogP contribution in [0.25, 0.3) is 0 Å². The van der Waals surface area contributed by atoms with Crippen LogP contribution in [0, 0.1) is 33.8 Å². The third-order valence-electron chi connectivity index (χ3n) is 11.1. The van der Waals surface area contributed by atoms with Gasteiger partial charge >= 0.3 is 6.18 Å². The van der Waals surface area contributed by atoms with Crippen LogP contribution in [0.15, 0.2) is 96.7 Å². The minimum absolute atomic E-state index is 0.0134. The highest BCUT2D eigenvalue weighted by molar-refractivity contribution is 6.33. The molecule has 0 spiro atoms. The molecule has 0 radical (unpaired) electrons. The van der Waals surface area contributed by atoms with Crippen LogP contribution in [-0.4, -0.2) is 43.7 Å². The van der Waals surface area contributed by atoms with E-state index in [1.54, 1.807) is 30.3 Å². The van der Waals surface area contributed by atoms with Gasteiger partial charge in [0, 0.05) is 29.3 Å². The van der Waals surface area contributed by atoms with E-state index >= 15 is 4.79 Å². The van der Waals surface area contributed by atoms with E-state index < -0.39 is 86.1 Å². The normalized spacial score (nSPS) is 26.1. The molecule has 6 atom stereocenters. The average Bonchev–Trinajstić information content (AvgIpc) is 3.52. The minimum atomic E-state index is -4.78. The number of alkyl halides is 3. The highest BCUT2D eigenvalue weighted by Crippen LogP contribution is 2.64. The zero-order chi connectivity index (χ0) is 39.1. The van der Waals surface area contributed by atoms with Crippen LogP contribution >= 0.6 is 23.2 Å². The molecule has 8 rings (SSSR count). The number of benzene rings is 3. The summed E-state index contributed by atoms with van der Waals surface area (Å²) in [5.74, 6) is -8.45. The maximum absolute atomic E-state index is 15.2. The van der Waals surface area contributed by atoms with Gasteiger partial charge in [0.25, 0.3) is 17.5 Å². The molecule has 1 aromatic heterocycles. The summed E-state index contributed by atoms with van der Waals surface area (Å²) in [7, 11) is 0. The van der Waals surface area contributed by atoms with Crippen molar-refractivity contribution in [3.05, 3.63) is 134 Å². The van der Waals surface area contributed by atoms with Crippen LogP contribution in [0.3, 0.4) is 0 Å². The molecule has 4 amide bonds. The van der Waals surface area contributed by atoms with Crippen molar-refractivity contribution < 1.29 is 42.4 Å². The largest absolute Gasteiger partial charge is 0.508 e. The zero-order valence-electron chi connectivity index (χ0n) is 28.0. The van der Waals surface area contributed by atoms with Crippen molar-refractivity contribution in [2.24, 2.45) is 23.7 Å². The highest BCUT2D eigenvalue weighted by atomic mass is 35.5. The fourth-order valence-electron chi connectivity index (χ4n) is 8.86. The van der Waals surface area contributed by atoms with E-state index in [9.17, 15) is 42.8 Å². The summed E-state index contributed by atoms with van der Waals surface area (Å²) in [6, 6.07) is 18.1. The molecule has 2 N–H and O–H groups in total. The first-order valence-electron chi connectivity index (χ1n) is 16.9. The molecule has 2 saturated heterocycles. The Bertz CT molecular complexity index is 2370. The second-order valence-corrected chi connectivity index (χ2v) is 14.6. The number of hydrazine groups is 1. The Morgan fingerprint density at radius 3 is 2.33 bits per heavy atom. The Labute approximate surface area is 319 Å². The molecule has 280 valence electrons. The molecule has 1 saturated carbocycles. The van der Waals surface area contributed by atoms with Gasteiger partial charge in [-0.25, -0.2) is 9.88 Å². The number of amides is 4. The Kier molecular flexibility index (Phi) is 8.50. The van der Waals surface area contributed by atoms with Gasteiger partial charge in [-0.15, -0.1) is 0 Å². The summed E-state index contributed by atoms with van der Waals surface area (Å²) in [6.45, 7) is 0. The number of rotatable bonds is 6. The second-order valence-electron chi connectivity index (χ2n) is 13.8. The van der Waals surface area contributed by atoms with E-state index in [0.29, 0.717) is 39.0 Å². The van der Waals surface area contributed by atoms with Crippen LogP contribution in [0.2, 0.25) is 10.0 Å². The first-order chi connectivity index (χ1) is 26.1. The summed E-state index contributed by atoms with van der Waals surface area (Å²) < 4.78 is 40.3. The van der Waals surface area contributed by atoms with Gasteiger partial charge in [-0.2, -0.15) is 18.2 Å². The second kappa shape index (κ2) is 12.9. The quantitative estimate of drug-likeness (QED) is 0.0889. The number of aromatic nitrogens is 1. The third kappa shape index (κ3) is 5.55. The Morgan fingerprint density at radius 2 is 1.65 bits per heavy atom. The van der Waals surface area contributed by atoms with Gasteiger partial charge in [-0.1, -0.05) is 65.2 Å². The number of hydrogen-bond donors (Lipinski definition) is 2. The zero-order valence-corrected chi connectivity index (χ0v) is 29.5. The predicted molar refractivity (Wildman–Crippen MR) is 191 cm³/mol. The van der Waals surface area contributed by atoms with Crippen molar-refractivity contribution in [1.29, 1.82) is 0 Å². The monoisotopic (exact) mass is 791 g/mol. The number of aromatic hydroxyl groups is 1. The van der Waals surface area contributed by atoms with Crippen molar-refractivity contribution >= 4 is 64.0 Å². The molecule has 17 heteroatoms. The number of phenols is 1. The van der Waals surface area contributed by atoms with Gasteiger partial charge in [-0.3, -0.25) is 34.7 Å². The summed E-state index contributed by atoms with van der Waals surface area (Å²) in [4.78, 5) is 74.0. The number of allylic oxidation sites excluding steroid dienone is 2. The number of nitrogens with zero attached hydrogens (tertiary/aromatic N) is 4. The van der Waals surface area contributed by atoms with Crippen molar-refractivity contribution in [1.82, 2.24) is 9.99 Å². The lowest BCUT2D eigenvalue weighted by molar-refractivity contribution is -0.384. The molecule has 3 heterocycles. The number of halogens is 5. The highest BCUT2D eigenvalue weighted by Gasteiger charge is 2.70. The van der Waals surface area contributed by atoms with Gasteiger partial charge in [0.2, 0.25) is 11.8 Å². The number of fused-ring (bicyclic) bond motifs is 4. The number of nitrogens with one attached hydrogen (secondary N) is 1. The summed E-state index contributed by atoms with van der Waals surface area (Å²) in [5, 5.41) is 22.8. The van der Waals surface area contributed by atoms with Gasteiger partial charge in [-0.05, 0) is 66.3 Å². The first-order valence-corrected chi connectivity index (χ1v) is 17.6. The van der Waals surface area contributed by atoms with E-state index in [2.05, 4.69) is 10.4 Å². The molecule has 3 aromatic carbocycles. The van der Waals surface area contributed by atoms with Crippen molar-refractivity contribution in [3.63, 3.8) is 0 Å². The van der Waals surface area contributed by atoms with E-state index in [-0.39, 0.29) is 30.0 Å². The number of hydrogen-bond acceptors (Lipinski definition) is 9. The summed E-state index contributed by atoms with van der Waals surface area (Å²) in [6.07, 6.45) is -2.57. The van der Waals surface area contributed by atoms with Crippen LogP contribution in [0.4, 0.5) is 30.4 Å². The molecule has 2 aliphatic carbocycles. The molecular formula is C38H26Cl2F3N5O7. The summed E-state index contributed by atoms with van der Waals surface area (Å²) >= 11 is 12.5. The first kappa shape index (κ1) is 36.2. The lowest BCUT2D eigenvalue weighted by Crippen LogP contribution is -2.53. The van der Waals surface area contributed by atoms with Crippen LogP contribution in [-0.2, 0) is 30.8 Å². The molecule has 6 unspecified atom stereocenters. The fraction of sp³-hybridized carbons (Fsp3) is 0.237. The average molecular weight is 793 g/mol. The number of imide groups is 2. The predicted octanol–water partition coefficient (Wildman–Crippen LogP) is 7.21. The Balaban J connectivity index is 1.29. The number of carbonyl (C=O) groups excluding carboxylic acids is 4. The van der Waals surface area contributed by atoms with Crippen molar-refractivity contribution in [2.75, 3.05) is 10.3 Å². The number of anilines is 2. The SMILES string of the molecule is O=C1C2CC3C(=CCC4C(=O)N(c5cccc([N+](=O)[O-])c5)C(=O)C43)C(c3cccc(O)c3)C2(c2ccc(Cl)cc2)C(=O)N1Nc1ncc(C(F)(F)F)cc1Cl. The molecule has 4 aliphatic rings. The van der Waals surface area contributed by atoms with Crippen molar-refractivity contribution in [2.45, 2.75) is 30.4 Å². The molecule has 0 bridgehead atoms. The number of pyridine rings is 1. The summed E-state index contributed by atoms with van der Waals surface area (Å²) in [5.41, 5.74) is 0.599. The molecule has 12 nitrogen and oxygen atoms in total. The molecule has 55 heavy (non-hydrogen) atoms. The van der Waals surface area contributed by atoms with Gasteiger partial charge in [0.15, 0.2) is 5.82 Å². The van der Waals surface area contributed by atoms with E-state index in [1.807, 2.05) is 0 Å². The third-order valence-corrected chi connectivity index (χ3v) is 11.6. The van der Waals surface area contributed by atoms with E-state index in [1.165, 1.54) is 42.5 Å². The van der Waals surface area contributed by atoms with Gasteiger partial charge < -0.3 is 5.11 Å². The maximum Gasteiger partial charge on any atom is 0.417 e. The number of non-ortho nitro benzene ring substituents is 1. The number of phenolic OH excluding ortho intramolecular Hbond substituents is 1.